The van der Waals surface area contributed by atoms with Crippen molar-refractivity contribution in [2.75, 3.05) is 0 Å². The zero-order valence-electron chi connectivity index (χ0n) is 8.73. The fourth-order valence-electron chi connectivity index (χ4n) is 2.10. The second-order valence-electron chi connectivity index (χ2n) is 4.19. The number of ketones is 1. The van der Waals surface area contributed by atoms with E-state index in [1.54, 1.807) is 12.3 Å². The number of nitrogens with two attached hydrogens (primary N) is 1. The van der Waals surface area contributed by atoms with Crippen LogP contribution >= 0.6 is 0 Å². The van der Waals surface area contributed by atoms with Gasteiger partial charge in [-0.25, -0.2) is 0 Å². The van der Waals surface area contributed by atoms with Gasteiger partial charge >= 0.3 is 0 Å². The van der Waals surface area contributed by atoms with Crippen molar-refractivity contribution in [3.8, 4) is 0 Å². The van der Waals surface area contributed by atoms with E-state index in [1.165, 1.54) is 0 Å². The highest BCUT2D eigenvalue weighted by Gasteiger charge is 2.25. The Hall–Kier alpha value is -1.22. The van der Waals surface area contributed by atoms with Crippen molar-refractivity contribution in [1.82, 2.24) is 4.98 Å². The molecule has 2 rings (SSSR count). The monoisotopic (exact) mass is 204 g/mol. The molecule has 1 aromatic heterocycles. The summed E-state index contributed by atoms with van der Waals surface area (Å²) in [5, 5.41) is 0. The first-order chi connectivity index (χ1) is 7.27. The van der Waals surface area contributed by atoms with E-state index >= 15 is 0 Å². The molecule has 1 aliphatic carbocycles. The van der Waals surface area contributed by atoms with Gasteiger partial charge in [0.05, 0.1) is 0 Å². The van der Waals surface area contributed by atoms with Gasteiger partial charge in [0, 0.05) is 18.2 Å². The summed E-state index contributed by atoms with van der Waals surface area (Å²) >= 11 is 0. The first kappa shape index (κ1) is 10.3. The van der Waals surface area contributed by atoms with E-state index in [0.717, 1.165) is 25.7 Å². The van der Waals surface area contributed by atoms with E-state index in [1.807, 2.05) is 12.1 Å². The molecule has 0 bridgehead atoms. The number of rotatable bonds is 2. The van der Waals surface area contributed by atoms with Gasteiger partial charge < -0.3 is 5.73 Å². The summed E-state index contributed by atoms with van der Waals surface area (Å²) in [5.74, 6) is 0.321. The number of aromatic nitrogens is 1. The Morgan fingerprint density at radius 1 is 1.27 bits per heavy atom. The van der Waals surface area contributed by atoms with Crippen LogP contribution < -0.4 is 5.73 Å². The lowest BCUT2D eigenvalue weighted by Gasteiger charge is -2.24. The number of hydrogen-bond acceptors (Lipinski definition) is 3. The number of carbonyl (C=O) groups is 1. The van der Waals surface area contributed by atoms with Gasteiger partial charge in [0.25, 0.3) is 0 Å². The van der Waals surface area contributed by atoms with Crippen molar-refractivity contribution >= 4 is 5.78 Å². The Bertz CT molecular complexity index is 329. The van der Waals surface area contributed by atoms with Crippen LogP contribution in [0.3, 0.4) is 0 Å². The predicted molar refractivity (Wildman–Crippen MR) is 58.5 cm³/mol. The van der Waals surface area contributed by atoms with Crippen LogP contribution in [0.2, 0.25) is 0 Å². The molecule has 0 aliphatic heterocycles. The molecule has 0 amide bonds. The minimum absolute atomic E-state index is 0.139. The molecule has 15 heavy (non-hydrogen) atoms. The predicted octanol–water partition coefficient (Wildman–Crippen LogP) is 1.78. The summed E-state index contributed by atoms with van der Waals surface area (Å²) in [4.78, 5) is 16.1. The van der Waals surface area contributed by atoms with Gasteiger partial charge in [-0.05, 0) is 37.8 Å². The molecule has 1 aliphatic rings. The molecular weight excluding hydrogens is 188 g/mol. The van der Waals surface area contributed by atoms with Crippen LogP contribution in [0.5, 0.6) is 0 Å². The van der Waals surface area contributed by atoms with E-state index in [2.05, 4.69) is 4.98 Å². The number of Topliss-reactive ketones (excluding diaryl/α,β-unsaturated/α-hetero) is 1. The van der Waals surface area contributed by atoms with Crippen LogP contribution in [-0.4, -0.2) is 16.8 Å². The zero-order valence-corrected chi connectivity index (χ0v) is 8.73. The fourth-order valence-corrected chi connectivity index (χ4v) is 2.10. The summed E-state index contributed by atoms with van der Waals surface area (Å²) in [6, 6.07) is 5.76. The molecule has 0 spiro atoms. The van der Waals surface area contributed by atoms with Gasteiger partial charge in [0.1, 0.15) is 5.69 Å². The number of carbonyl (C=O) groups excluding carboxylic acids is 1. The minimum Gasteiger partial charge on any atom is -0.328 e. The smallest absolute Gasteiger partial charge is 0.184 e. The molecule has 1 heterocycles. The van der Waals surface area contributed by atoms with Crippen molar-refractivity contribution in [1.29, 1.82) is 0 Å². The Kier molecular flexibility index (Phi) is 3.11. The standard InChI is InChI=1S/C12H16N2O/c13-10-6-4-9(5-7-10)12(15)11-3-1-2-8-14-11/h1-3,8-10H,4-7,13H2. The molecule has 0 unspecified atom stereocenters. The first-order valence-corrected chi connectivity index (χ1v) is 5.48. The highest BCUT2D eigenvalue weighted by molar-refractivity contribution is 5.96. The van der Waals surface area contributed by atoms with E-state index in [9.17, 15) is 4.79 Å². The molecule has 0 saturated heterocycles. The Morgan fingerprint density at radius 3 is 2.60 bits per heavy atom. The SMILES string of the molecule is NC1CCC(C(=O)c2ccccn2)CC1. The van der Waals surface area contributed by atoms with E-state index in [-0.39, 0.29) is 17.7 Å². The molecule has 2 N–H and O–H groups in total. The second kappa shape index (κ2) is 4.53. The molecule has 1 saturated carbocycles. The summed E-state index contributed by atoms with van der Waals surface area (Å²) in [7, 11) is 0. The lowest BCUT2D eigenvalue weighted by molar-refractivity contribution is 0.0879. The fraction of sp³-hybridized carbons (Fsp3) is 0.500. The maximum atomic E-state index is 12.0. The van der Waals surface area contributed by atoms with Gasteiger partial charge in [-0.15, -0.1) is 0 Å². The first-order valence-electron chi connectivity index (χ1n) is 5.48. The van der Waals surface area contributed by atoms with Crippen molar-refractivity contribution in [3.63, 3.8) is 0 Å². The summed E-state index contributed by atoms with van der Waals surface area (Å²) in [5.41, 5.74) is 6.40. The summed E-state index contributed by atoms with van der Waals surface area (Å²) in [6.45, 7) is 0. The van der Waals surface area contributed by atoms with E-state index in [4.69, 9.17) is 5.73 Å². The Labute approximate surface area is 89.7 Å². The van der Waals surface area contributed by atoms with Crippen molar-refractivity contribution in [2.24, 2.45) is 11.7 Å². The average molecular weight is 204 g/mol. The van der Waals surface area contributed by atoms with Crippen LogP contribution in [0.25, 0.3) is 0 Å². The third-order valence-corrected chi connectivity index (χ3v) is 3.06. The van der Waals surface area contributed by atoms with Gasteiger partial charge in [-0.3, -0.25) is 9.78 Å². The maximum absolute atomic E-state index is 12.0. The summed E-state index contributed by atoms with van der Waals surface area (Å²) in [6.07, 6.45) is 5.42. The largest absolute Gasteiger partial charge is 0.328 e. The van der Waals surface area contributed by atoms with E-state index in [0.29, 0.717) is 5.69 Å². The van der Waals surface area contributed by atoms with Crippen LogP contribution in [0.15, 0.2) is 24.4 Å². The van der Waals surface area contributed by atoms with Gasteiger partial charge in [-0.1, -0.05) is 6.07 Å². The molecule has 0 aromatic carbocycles. The summed E-state index contributed by atoms with van der Waals surface area (Å²) < 4.78 is 0. The Morgan fingerprint density at radius 2 is 2.00 bits per heavy atom. The molecule has 0 radical (unpaired) electrons. The minimum atomic E-state index is 0.139. The third-order valence-electron chi connectivity index (χ3n) is 3.06. The lowest BCUT2D eigenvalue weighted by atomic mass is 9.83. The topological polar surface area (TPSA) is 56.0 Å². The Balaban J connectivity index is 2.03. The molecule has 1 fully saturated rings. The van der Waals surface area contributed by atoms with Crippen LogP contribution in [-0.2, 0) is 0 Å². The number of pyridine rings is 1. The molecule has 80 valence electrons. The van der Waals surface area contributed by atoms with Crippen LogP contribution in [0.4, 0.5) is 0 Å². The van der Waals surface area contributed by atoms with E-state index < -0.39 is 0 Å². The normalized spacial score (nSPS) is 26.2. The molecule has 1 aromatic rings. The van der Waals surface area contributed by atoms with Crippen molar-refractivity contribution < 1.29 is 4.79 Å². The van der Waals surface area contributed by atoms with Crippen LogP contribution in [0, 0.1) is 5.92 Å². The molecule has 3 heteroatoms. The van der Waals surface area contributed by atoms with Gasteiger partial charge in [0.2, 0.25) is 0 Å². The maximum Gasteiger partial charge on any atom is 0.184 e. The number of nitrogens with zero attached hydrogens (tertiary/aromatic N) is 1. The molecule has 3 nitrogen and oxygen atoms in total. The highest BCUT2D eigenvalue weighted by atomic mass is 16.1. The molecular formula is C12H16N2O. The third kappa shape index (κ3) is 2.42. The van der Waals surface area contributed by atoms with Crippen molar-refractivity contribution in [3.05, 3.63) is 30.1 Å². The quantitative estimate of drug-likeness (QED) is 0.747. The lowest BCUT2D eigenvalue weighted by Crippen LogP contribution is -2.30. The highest BCUT2D eigenvalue weighted by Crippen LogP contribution is 2.25. The van der Waals surface area contributed by atoms with Gasteiger partial charge in [0.15, 0.2) is 5.78 Å². The van der Waals surface area contributed by atoms with Crippen molar-refractivity contribution in [2.45, 2.75) is 31.7 Å². The molecule has 0 atom stereocenters. The average Bonchev–Trinajstić information content (AvgIpc) is 2.30. The second-order valence-corrected chi connectivity index (χ2v) is 4.19. The number of hydrogen-bond donors (Lipinski definition) is 1. The zero-order chi connectivity index (χ0) is 10.7. The van der Waals surface area contributed by atoms with Gasteiger partial charge in [-0.2, -0.15) is 0 Å². The van der Waals surface area contributed by atoms with Crippen LogP contribution in [0.1, 0.15) is 36.2 Å².